The maximum atomic E-state index is 13.1. The molecule has 32 heavy (non-hydrogen) atoms. The molecule has 1 aromatic heterocycles. The van der Waals surface area contributed by atoms with Crippen molar-refractivity contribution < 1.29 is 13.2 Å². The summed E-state index contributed by atoms with van der Waals surface area (Å²) in [4.78, 5) is 17.0. The van der Waals surface area contributed by atoms with Crippen LogP contribution in [-0.2, 0) is 14.8 Å². The van der Waals surface area contributed by atoms with Gasteiger partial charge in [0.2, 0.25) is 15.9 Å². The Morgan fingerprint density at radius 1 is 1.00 bits per heavy atom. The molecule has 0 saturated heterocycles. The second-order valence-corrected chi connectivity index (χ2v) is 9.88. The zero-order chi connectivity index (χ0) is 23.6. The van der Waals surface area contributed by atoms with Crippen LogP contribution in [0.15, 0.2) is 53.9 Å². The van der Waals surface area contributed by atoms with Crippen LogP contribution in [0.25, 0.3) is 5.69 Å². The first kappa shape index (κ1) is 23.7. The molecule has 8 heteroatoms. The number of carbonyl (C=O) groups is 1. The molecule has 0 bridgehead atoms. The fraction of sp³-hybridized carbons (Fsp3) is 0.333. The highest BCUT2D eigenvalue weighted by atomic mass is 32.2. The molecule has 0 saturated carbocycles. The van der Waals surface area contributed by atoms with Gasteiger partial charge in [-0.25, -0.2) is 13.4 Å². The van der Waals surface area contributed by atoms with Gasteiger partial charge in [-0.3, -0.25) is 4.79 Å². The number of sulfonamides is 1. The lowest BCUT2D eigenvalue weighted by molar-refractivity contribution is -0.123. The average molecular weight is 455 g/mol. The van der Waals surface area contributed by atoms with Crippen LogP contribution in [0.3, 0.4) is 0 Å². The fourth-order valence-corrected chi connectivity index (χ4v) is 5.52. The van der Waals surface area contributed by atoms with Crippen molar-refractivity contribution in [2.24, 2.45) is 0 Å². The maximum absolute atomic E-state index is 13.1. The van der Waals surface area contributed by atoms with Crippen molar-refractivity contribution in [1.29, 1.82) is 0 Å². The Morgan fingerprint density at radius 2 is 1.59 bits per heavy atom. The lowest BCUT2D eigenvalue weighted by Crippen LogP contribution is -2.45. The molecule has 0 unspecified atom stereocenters. The third-order valence-electron chi connectivity index (χ3n) is 5.85. The zero-order valence-corrected chi connectivity index (χ0v) is 20.1. The zero-order valence-electron chi connectivity index (χ0n) is 19.3. The van der Waals surface area contributed by atoms with Crippen molar-refractivity contribution in [3.8, 4) is 5.69 Å². The maximum Gasteiger partial charge on any atom is 0.241 e. The third kappa shape index (κ3) is 4.92. The highest BCUT2D eigenvalue weighted by Gasteiger charge is 2.27. The molecule has 0 aliphatic carbocycles. The number of imidazole rings is 1. The van der Waals surface area contributed by atoms with Crippen molar-refractivity contribution in [2.75, 3.05) is 0 Å². The molecule has 2 atom stereocenters. The Hall–Kier alpha value is -2.97. The van der Waals surface area contributed by atoms with Crippen molar-refractivity contribution in [3.63, 3.8) is 0 Å². The fourth-order valence-electron chi connectivity index (χ4n) is 3.70. The molecule has 2 aromatic carbocycles. The van der Waals surface area contributed by atoms with Crippen molar-refractivity contribution in [2.45, 2.75) is 58.5 Å². The van der Waals surface area contributed by atoms with Crippen LogP contribution in [0.2, 0.25) is 0 Å². The molecule has 0 aliphatic rings. The molecule has 0 spiro atoms. The summed E-state index contributed by atoms with van der Waals surface area (Å²) in [5, 5.41) is 2.89. The highest BCUT2D eigenvalue weighted by molar-refractivity contribution is 7.89. The lowest BCUT2D eigenvalue weighted by Gasteiger charge is -2.21. The van der Waals surface area contributed by atoms with Gasteiger partial charge in [-0.05, 0) is 81.5 Å². The van der Waals surface area contributed by atoms with E-state index in [4.69, 9.17) is 0 Å². The topological polar surface area (TPSA) is 93.1 Å². The number of nitrogens with zero attached hydrogens (tertiary/aromatic N) is 2. The molecule has 2 N–H and O–H groups in total. The minimum Gasteiger partial charge on any atom is -0.348 e. The molecular formula is C24H30N4O3S. The van der Waals surface area contributed by atoms with E-state index in [1.165, 1.54) is 0 Å². The Balaban J connectivity index is 1.71. The van der Waals surface area contributed by atoms with Gasteiger partial charge in [0, 0.05) is 18.1 Å². The summed E-state index contributed by atoms with van der Waals surface area (Å²) in [5.74, 6) is -0.389. The van der Waals surface area contributed by atoms with Crippen LogP contribution >= 0.6 is 0 Å². The standard InChI is InChI=1S/C24H30N4O3S/c1-15-13-16(2)18(4)23(17(15)3)32(30,31)27-20(6)24(29)26-19(5)21-7-9-22(10-8-21)28-12-11-25-14-28/h7-14,19-20,27H,1-6H3,(H,26,29)/t19-,20-/m1/s1. The van der Waals surface area contributed by atoms with Crippen LogP contribution in [0.1, 0.15) is 47.7 Å². The minimum atomic E-state index is -3.86. The first-order valence-corrected chi connectivity index (χ1v) is 12.0. The molecule has 0 radical (unpaired) electrons. The normalized spacial score (nSPS) is 13.6. The molecule has 0 fully saturated rings. The summed E-state index contributed by atoms with van der Waals surface area (Å²) in [6, 6.07) is 8.51. The average Bonchev–Trinajstić information content (AvgIpc) is 3.27. The molecule has 7 nitrogen and oxygen atoms in total. The van der Waals surface area contributed by atoms with Crippen molar-refractivity contribution in [1.82, 2.24) is 19.6 Å². The summed E-state index contributed by atoms with van der Waals surface area (Å²) in [6.07, 6.45) is 5.28. The van der Waals surface area contributed by atoms with E-state index in [9.17, 15) is 13.2 Å². The molecule has 170 valence electrons. The number of hydrogen-bond acceptors (Lipinski definition) is 4. The second kappa shape index (κ2) is 9.26. The summed E-state index contributed by atoms with van der Waals surface area (Å²) >= 11 is 0. The van der Waals surface area contributed by atoms with Crippen molar-refractivity contribution in [3.05, 3.63) is 76.9 Å². The SMILES string of the molecule is Cc1cc(C)c(C)c(S(=O)(=O)N[C@H](C)C(=O)N[C@H](C)c2ccc(-n3ccnc3)cc2)c1C. The van der Waals surface area contributed by atoms with Crippen LogP contribution in [0, 0.1) is 27.7 Å². The first-order valence-electron chi connectivity index (χ1n) is 10.5. The molecule has 3 rings (SSSR count). The van der Waals surface area contributed by atoms with E-state index in [-0.39, 0.29) is 16.8 Å². The second-order valence-electron chi connectivity index (χ2n) is 8.22. The van der Waals surface area contributed by atoms with Crippen LogP contribution < -0.4 is 10.0 Å². The van der Waals surface area contributed by atoms with Gasteiger partial charge in [0.15, 0.2) is 0 Å². The number of benzene rings is 2. The summed E-state index contributed by atoms with van der Waals surface area (Å²) in [7, 11) is -3.86. The van der Waals surface area contributed by atoms with Gasteiger partial charge in [-0.1, -0.05) is 18.2 Å². The molecule has 1 heterocycles. The molecule has 1 amide bonds. The highest BCUT2D eigenvalue weighted by Crippen LogP contribution is 2.26. The first-order chi connectivity index (χ1) is 15.0. The monoisotopic (exact) mass is 454 g/mol. The smallest absolute Gasteiger partial charge is 0.241 e. The summed E-state index contributed by atoms with van der Waals surface area (Å²) in [5.41, 5.74) is 5.07. The minimum absolute atomic E-state index is 0.248. The van der Waals surface area contributed by atoms with Crippen LogP contribution in [0.5, 0.6) is 0 Å². The van der Waals surface area contributed by atoms with Gasteiger partial charge in [-0.2, -0.15) is 4.72 Å². The molecule has 0 aliphatic heterocycles. The van der Waals surface area contributed by atoms with Crippen LogP contribution in [0.4, 0.5) is 0 Å². The van der Waals surface area contributed by atoms with Gasteiger partial charge in [0.05, 0.1) is 23.3 Å². The van der Waals surface area contributed by atoms with E-state index in [0.717, 1.165) is 22.4 Å². The Kier molecular flexibility index (Phi) is 6.85. The van der Waals surface area contributed by atoms with Gasteiger partial charge < -0.3 is 9.88 Å². The predicted molar refractivity (Wildman–Crippen MR) is 125 cm³/mol. The lowest BCUT2D eigenvalue weighted by atomic mass is 10.0. The third-order valence-corrected chi connectivity index (χ3v) is 7.66. The van der Waals surface area contributed by atoms with Gasteiger partial charge in [-0.15, -0.1) is 0 Å². The predicted octanol–water partition coefficient (Wildman–Crippen LogP) is 3.65. The number of amides is 1. The van der Waals surface area contributed by atoms with E-state index < -0.39 is 16.1 Å². The van der Waals surface area contributed by atoms with E-state index in [0.29, 0.717) is 11.1 Å². The van der Waals surface area contributed by atoms with Gasteiger partial charge in [0.25, 0.3) is 0 Å². The van der Waals surface area contributed by atoms with E-state index >= 15 is 0 Å². The Bertz CT molecular complexity index is 1190. The van der Waals surface area contributed by atoms with E-state index in [1.807, 2.05) is 61.9 Å². The number of nitrogens with one attached hydrogen (secondary N) is 2. The van der Waals surface area contributed by atoms with E-state index in [2.05, 4.69) is 15.0 Å². The van der Waals surface area contributed by atoms with Crippen LogP contribution in [-0.4, -0.2) is 29.9 Å². The summed E-state index contributed by atoms with van der Waals surface area (Å²) in [6.45, 7) is 10.8. The number of rotatable bonds is 7. The van der Waals surface area contributed by atoms with E-state index in [1.54, 1.807) is 33.3 Å². The number of aryl methyl sites for hydroxylation is 2. The Morgan fingerprint density at radius 3 is 2.12 bits per heavy atom. The van der Waals surface area contributed by atoms with Gasteiger partial charge >= 0.3 is 0 Å². The summed E-state index contributed by atoms with van der Waals surface area (Å²) < 4.78 is 30.6. The number of hydrogen-bond donors (Lipinski definition) is 2. The number of carbonyl (C=O) groups excluding carboxylic acids is 1. The quantitative estimate of drug-likeness (QED) is 0.570. The Labute approximate surface area is 189 Å². The number of aromatic nitrogens is 2. The largest absolute Gasteiger partial charge is 0.348 e. The van der Waals surface area contributed by atoms with Gasteiger partial charge in [0.1, 0.15) is 0 Å². The van der Waals surface area contributed by atoms with Crippen molar-refractivity contribution >= 4 is 15.9 Å². The molecular weight excluding hydrogens is 424 g/mol. The molecule has 3 aromatic rings.